The lowest BCUT2D eigenvalue weighted by atomic mass is 10.1. The summed E-state index contributed by atoms with van der Waals surface area (Å²) >= 11 is 0. The largest absolute Gasteiger partial charge is 0.395 e. The average molecular weight is 249 g/mol. The summed E-state index contributed by atoms with van der Waals surface area (Å²) in [4.78, 5) is 20.5. The molecule has 0 saturated carbocycles. The fraction of sp³-hybridized carbons (Fsp3) is 0.538. The van der Waals surface area contributed by atoms with Crippen molar-refractivity contribution in [3.63, 3.8) is 0 Å². The number of carbonyl (C=O) groups is 1. The topological polar surface area (TPSA) is 56.7 Å². The Morgan fingerprint density at radius 3 is 2.72 bits per heavy atom. The van der Waals surface area contributed by atoms with Crippen molar-refractivity contribution in [3.8, 4) is 0 Å². The lowest BCUT2D eigenvalue weighted by Crippen LogP contribution is -2.49. The normalized spacial score (nSPS) is 16.9. The van der Waals surface area contributed by atoms with Crippen LogP contribution in [-0.2, 0) is 0 Å². The molecule has 1 N–H and O–H groups in total. The molecule has 2 rings (SSSR count). The minimum atomic E-state index is 0.0595. The molecule has 98 valence electrons. The van der Waals surface area contributed by atoms with Gasteiger partial charge in [-0.15, -0.1) is 0 Å². The zero-order chi connectivity index (χ0) is 13.0. The molecule has 0 radical (unpaired) electrons. The molecular formula is C13H19N3O2. The van der Waals surface area contributed by atoms with Crippen molar-refractivity contribution in [3.05, 3.63) is 29.6 Å². The number of amides is 1. The number of hydrogen-bond acceptors (Lipinski definition) is 4. The first-order chi connectivity index (χ1) is 8.72. The van der Waals surface area contributed by atoms with E-state index in [9.17, 15) is 4.79 Å². The number of carbonyl (C=O) groups excluding carboxylic acids is 1. The zero-order valence-corrected chi connectivity index (χ0v) is 10.7. The summed E-state index contributed by atoms with van der Waals surface area (Å²) in [6.07, 6.45) is 1.70. The number of hydrogen-bond donors (Lipinski definition) is 1. The van der Waals surface area contributed by atoms with Gasteiger partial charge in [0, 0.05) is 44.6 Å². The Bertz CT molecular complexity index is 414. The fourth-order valence-corrected chi connectivity index (χ4v) is 2.20. The Morgan fingerprint density at radius 2 is 2.11 bits per heavy atom. The van der Waals surface area contributed by atoms with E-state index in [2.05, 4.69) is 9.88 Å². The average Bonchev–Trinajstić information content (AvgIpc) is 2.40. The van der Waals surface area contributed by atoms with Crippen molar-refractivity contribution in [1.29, 1.82) is 0 Å². The maximum Gasteiger partial charge on any atom is 0.255 e. The Labute approximate surface area is 107 Å². The second-order valence-electron chi connectivity index (χ2n) is 4.49. The number of nitrogens with zero attached hydrogens (tertiary/aromatic N) is 3. The van der Waals surface area contributed by atoms with Crippen molar-refractivity contribution in [2.75, 3.05) is 39.3 Å². The summed E-state index contributed by atoms with van der Waals surface area (Å²) in [7, 11) is 0. The Hall–Kier alpha value is -1.46. The molecule has 5 heteroatoms. The fourth-order valence-electron chi connectivity index (χ4n) is 2.20. The molecule has 1 amide bonds. The highest BCUT2D eigenvalue weighted by Gasteiger charge is 2.22. The number of aromatic nitrogens is 1. The highest BCUT2D eigenvalue weighted by molar-refractivity contribution is 5.95. The van der Waals surface area contributed by atoms with Gasteiger partial charge in [0.1, 0.15) is 0 Å². The molecule has 0 spiro atoms. The van der Waals surface area contributed by atoms with Gasteiger partial charge in [0.25, 0.3) is 5.91 Å². The molecule has 1 saturated heterocycles. The van der Waals surface area contributed by atoms with Crippen molar-refractivity contribution in [2.24, 2.45) is 0 Å². The number of piperazine rings is 1. The molecule has 0 unspecified atom stereocenters. The molecular weight excluding hydrogens is 230 g/mol. The van der Waals surface area contributed by atoms with Crippen LogP contribution in [-0.4, -0.2) is 65.1 Å². The van der Waals surface area contributed by atoms with E-state index in [0.29, 0.717) is 25.2 Å². The van der Waals surface area contributed by atoms with E-state index in [0.717, 1.165) is 18.8 Å². The lowest BCUT2D eigenvalue weighted by molar-refractivity contribution is 0.0614. The first-order valence-electron chi connectivity index (χ1n) is 6.26. The van der Waals surface area contributed by atoms with Crippen LogP contribution >= 0.6 is 0 Å². The smallest absolute Gasteiger partial charge is 0.255 e. The number of rotatable bonds is 3. The van der Waals surface area contributed by atoms with Gasteiger partial charge in [-0.1, -0.05) is 0 Å². The summed E-state index contributed by atoms with van der Waals surface area (Å²) in [6, 6.07) is 3.62. The van der Waals surface area contributed by atoms with E-state index in [-0.39, 0.29) is 12.5 Å². The van der Waals surface area contributed by atoms with Crippen LogP contribution in [0.3, 0.4) is 0 Å². The van der Waals surface area contributed by atoms with E-state index in [4.69, 9.17) is 5.11 Å². The predicted octanol–water partition coefficient (Wildman–Crippen LogP) is 0.140. The molecule has 0 bridgehead atoms. The van der Waals surface area contributed by atoms with Gasteiger partial charge in [0.05, 0.1) is 12.2 Å². The number of aliphatic hydroxyl groups is 1. The monoisotopic (exact) mass is 249 g/mol. The summed E-state index contributed by atoms with van der Waals surface area (Å²) in [5.74, 6) is 0.0595. The van der Waals surface area contributed by atoms with Gasteiger partial charge < -0.3 is 10.0 Å². The molecule has 1 aromatic rings. The van der Waals surface area contributed by atoms with Crippen molar-refractivity contribution in [1.82, 2.24) is 14.8 Å². The maximum absolute atomic E-state index is 12.3. The zero-order valence-electron chi connectivity index (χ0n) is 10.7. The maximum atomic E-state index is 12.3. The molecule has 1 aromatic heterocycles. The van der Waals surface area contributed by atoms with E-state index in [1.54, 1.807) is 12.3 Å². The van der Waals surface area contributed by atoms with Crippen LogP contribution in [0, 0.1) is 6.92 Å². The van der Waals surface area contributed by atoms with Gasteiger partial charge in [-0.3, -0.25) is 14.7 Å². The minimum Gasteiger partial charge on any atom is -0.395 e. The van der Waals surface area contributed by atoms with Crippen molar-refractivity contribution in [2.45, 2.75) is 6.92 Å². The van der Waals surface area contributed by atoms with Crippen LogP contribution in [0.4, 0.5) is 0 Å². The lowest BCUT2D eigenvalue weighted by Gasteiger charge is -2.34. The van der Waals surface area contributed by atoms with Gasteiger partial charge in [-0.2, -0.15) is 0 Å². The number of aliphatic hydroxyl groups excluding tert-OH is 1. The van der Waals surface area contributed by atoms with E-state index < -0.39 is 0 Å². The predicted molar refractivity (Wildman–Crippen MR) is 68.4 cm³/mol. The first kappa shape index (κ1) is 13.0. The Balaban J connectivity index is 1.98. The van der Waals surface area contributed by atoms with E-state index in [1.807, 2.05) is 17.9 Å². The summed E-state index contributed by atoms with van der Waals surface area (Å²) < 4.78 is 0. The van der Waals surface area contributed by atoms with Gasteiger partial charge >= 0.3 is 0 Å². The second kappa shape index (κ2) is 5.93. The molecule has 1 aliphatic heterocycles. The molecule has 1 fully saturated rings. The third-order valence-corrected chi connectivity index (χ3v) is 3.31. The first-order valence-corrected chi connectivity index (χ1v) is 6.26. The SMILES string of the molecule is Cc1ncccc1C(=O)N1CCN(CCO)CC1. The number of pyridine rings is 1. The Morgan fingerprint density at radius 1 is 1.39 bits per heavy atom. The van der Waals surface area contributed by atoms with Crippen LogP contribution in [0.2, 0.25) is 0 Å². The van der Waals surface area contributed by atoms with E-state index in [1.165, 1.54) is 0 Å². The van der Waals surface area contributed by atoms with E-state index >= 15 is 0 Å². The van der Waals surface area contributed by atoms with Crippen molar-refractivity contribution >= 4 is 5.91 Å². The molecule has 0 aliphatic carbocycles. The van der Waals surface area contributed by atoms with Crippen LogP contribution in [0.15, 0.2) is 18.3 Å². The minimum absolute atomic E-state index is 0.0595. The van der Waals surface area contributed by atoms with Crippen LogP contribution in [0.1, 0.15) is 16.1 Å². The highest BCUT2D eigenvalue weighted by Crippen LogP contribution is 2.10. The molecule has 18 heavy (non-hydrogen) atoms. The van der Waals surface area contributed by atoms with Gasteiger partial charge in [0.15, 0.2) is 0 Å². The van der Waals surface area contributed by atoms with Gasteiger partial charge in [-0.05, 0) is 19.1 Å². The third kappa shape index (κ3) is 2.86. The quantitative estimate of drug-likeness (QED) is 0.828. The Kier molecular flexibility index (Phi) is 4.28. The highest BCUT2D eigenvalue weighted by atomic mass is 16.3. The standard InChI is InChI=1S/C13H19N3O2/c1-11-12(3-2-4-14-11)13(18)16-7-5-15(6-8-16)9-10-17/h2-4,17H,5-10H2,1H3. The molecule has 2 heterocycles. The third-order valence-electron chi connectivity index (χ3n) is 3.31. The second-order valence-corrected chi connectivity index (χ2v) is 4.49. The van der Waals surface area contributed by atoms with Crippen LogP contribution in [0.25, 0.3) is 0 Å². The van der Waals surface area contributed by atoms with Gasteiger partial charge in [-0.25, -0.2) is 0 Å². The summed E-state index contributed by atoms with van der Waals surface area (Å²) in [5.41, 5.74) is 1.47. The van der Waals surface area contributed by atoms with Crippen LogP contribution in [0.5, 0.6) is 0 Å². The summed E-state index contributed by atoms with van der Waals surface area (Å²) in [5, 5.41) is 8.88. The number of β-amino-alcohol motifs (C(OH)–C–C–N with tert-alkyl or cyclic N) is 1. The van der Waals surface area contributed by atoms with Crippen LogP contribution < -0.4 is 0 Å². The summed E-state index contributed by atoms with van der Waals surface area (Å²) in [6.45, 7) is 5.80. The molecule has 0 aromatic carbocycles. The molecule has 5 nitrogen and oxygen atoms in total. The van der Waals surface area contributed by atoms with Crippen molar-refractivity contribution < 1.29 is 9.90 Å². The molecule has 0 atom stereocenters. The van der Waals surface area contributed by atoms with Gasteiger partial charge in [0.2, 0.25) is 0 Å². The molecule has 1 aliphatic rings. The number of aryl methyl sites for hydroxylation is 1.